The second-order valence-electron chi connectivity index (χ2n) is 4.14. The normalized spacial score (nSPS) is 11.8. The fourth-order valence-corrected chi connectivity index (χ4v) is 9.50. The number of hydrogen-bond donors (Lipinski definition) is 0. The molecule has 2 aromatic rings. The highest BCUT2D eigenvalue weighted by Gasteiger charge is 2.49. The Hall–Kier alpha value is -1.03. The van der Waals surface area contributed by atoms with E-state index in [2.05, 4.69) is 24.3 Å². The van der Waals surface area contributed by atoms with E-state index >= 15 is 0 Å². The molecule has 0 unspecified atom stereocenters. The van der Waals surface area contributed by atoms with Gasteiger partial charge in [-0.25, -0.2) is 0 Å². The molecule has 0 bridgehead atoms. The van der Waals surface area contributed by atoms with Crippen molar-refractivity contribution in [2.45, 2.75) is 0 Å². The van der Waals surface area contributed by atoms with Crippen LogP contribution in [0.5, 0.6) is 0 Å². The second kappa shape index (κ2) is 7.11. The third-order valence-electron chi connectivity index (χ3n) is 3.08. The predicted molar refractivity (Wildman–Crippen MR) is 85.9 cm³/mol. The van der Waals surface area contributed by atoms with Gasteiger partial charge in [0.2, 0.25) is 0 Å². The molecule has 3 nitrogen and oxygen atoms in total. The molecule has 0 aromatic heterocycles. The van der Waals surface area contributed by atoms with Crippen LogP contribution in [0, 0.1) is 0 Å². The Labute approximate surface area is 122 Å². The minimum Gasteiger partial charge on any atom is -0.373 e. The molecule has 2 rings (SSSR count). The molecule has 2 aromatic carbocycles. The number of benzene rings is 2. The van der Waals surface area contributed by atoms with E-state index in [0.717, 1.165) is 0 Å². The zero-order valence-electron chi connectivity index (χ0n) is 11.9. The standard InChI is InChI=1S/C15H19O3PSi/c1-16-20(17-2,18-3)19(14-10-6-4-7-11-14)15-12-8-5-9-13-15/h4-13H,1-3H3. The highest BCUT2D eigenvalue weighted by atomic mass is 31.4. The topological polar surface area (TPSA) is 27.7 Å². The van der Waals surface area contributed by atoms with Crippen LogP contribution in [0.25, 0.3) is 0 Å². The Bertz CT molecular complexity index is 469. The molecule has 0 heterocycles. The molecular weight excluding hydrogens is 287 g/mol. The van der Waals surface area contributed by atoms with Crippen molar-refractivity contribution in [3.8, 4) is 0 Å². The third-order valence-corrected chi connectivity index (χ3v) is 11.6. The summed E-state index contributed by atoms with van der Waals surface area (Å²) in [5, 5.41) is 2.40. The highest BCUT2D eigenvalue weighted by Crippen LogP contribution is 2.45. The van der Waals surface area contributed by atoms with Gasteiger partial charge in [-0.05, 0) is 10.6 Å². The van der Waals surface area contributed by atoms with Crippen molar-refractivity contribution < 1.29 is 13.3 Å². The second-order valence-corrected chi connectivity index (χ2v) is 11.1. The van der Waals surface area contributed by atoms with Crippen LogP contribution in [0.2, 0.25) is 0 Å². The Balaban J connectivity index is 2.55. The molecule has 0 radical (unpaired) electrons. The maximum Gasteiger partial charge on any atom is 0.535 e. The number of hydrogen-bond acceptors (Lipinski definition) is 3. The molecule has 0 fully saturated rings. The highest BCUT2D eigenvalue weighted by molar-refractivity contribution is 8.02. The van der Waals surface area contributed by atoms with Crippen molar-refractivity contribution in [2.24, 2.45) is 0 Å². The van der Waals surface area contributed by atoms with E-state index in [-0.39, 0.29) is 0 Å². The third kappa shape index (κ3) is 3.00. The summed E-state index contributed by atoms with van der Waals surface area (Å²) >= 11 is 0. The minimum atomic E-state index is -2.76. The summed E-state index contributed by atoms with van der Waals surface area (Å²) in [7, 11) is 1.41. The van der Waals surface area contributed by atoms with Gasteiger partial charge in [0.05, 0.1) is 0 Å². The van der Waals surface area contributed by atoms with Gasteiger partial charge in [-0.1, -0.05) is 60.7 Å². The van der Waals surface area contributed by atoms with Crippen molar-refractivity contribution >= 4 is 26.6 Å². The van der Waals surface area contributed by atoms with Crippen LogP contribution in [0.15, 0.2) is 60.7 Å². The van der Waals surface area contributed by atoms with Crippen molar-refractivity contribution in [3.05, 3.63) is 60.7 Å². The minimum absolute atomic E-state index is 0.827. The average Bonchev–Trinajstić information content (AvgIpc) is 2.54. The van der Waals surface area contributed by atoms with Gasteiger partial charge in [0.1, 0.15) is 0 Å². The van der Waals surface area contributed by atoms with Crippen molar-refractivity contribution in [1.29, 1.82) is 0 Å². The Kier molecular flexibility index (Phi) is 5.46. The molecule has 5 heteroatoms. The maximum atomic E-state index is 5.73. The van der Waals surface area contributed by atoms with Crippen LogP contribution in [0.4, 0.5) is 0 Å². The van der Waals surface area contributed by atoms with Crippen LogP contribution >= 0.6 is 7.47 Å². The van der Waals surface area contributed by atoms with Crippen LogP contribution in [0.3, 0.4) is 0 Å². The van der Waals surface area contributed by atoms with E-state index in [4.69, 9.17) is 13.3 Å². The summed E-state index contributed by atoms with van der Waals surface area (Å²) in [4.78, 5) is 0. The van der Waals surface area contributed by atoms with Crippen LogP contribution < -0.4 is 10.6 Å². The van der Waals surface area contributed by atoms with Crippen molar-refractivity contribution in [2.75, 3.05) is 21.3 Å². The van der Waals surface area contributed by atoms with Gasteiger partial charge in [0.15, 0.2) is 0 Å². The van der Waals surface area contributed by atoms with Gasteiger partial charge in [-0.2, -0.15) is 0 Å². The molecule has 0 aliphatic heterocycles. The largest absolute Gasteiger partial charge is 0.535 e. The summed E-state index contributed by atoms with van der Waals surface area (Å²) in [5.41, 5.74) is 0. The van der Waals surface area contributed by atoms with Crippen LogP contribution in [-0.4, -0.2) is 29.8 Å². The molecule has 20 heavy (non-hydrogen) atoms. The van der Waals surface area contributed by atoms with E-state index in [1.54, 1.807) is 21.3 Å². The molecule has 0 spiro atoms. The molecular formula is C15H19O3PSi. The first kappa shape index (κ1) is 15.4. The average molecular weight is 306 g/mol. The lowest BCUT2D eigenvalue weighted by Gasteiger charge is -2.33. The molecule has 0 amide bonds. The quantitative estimate of drug-likeness (QED) is 0.606. The summed E-state index contributed by atoms with van der Waals surface area (Å²) in [6, 6.07) is 20.6. The lowest BCUT2D eigenvalue weighted by molar-refractivity contribution is 0.151. The van der Waals surface area contributed by atoms with Crippen LogP contribution in [0.1, 0.15) is 0 Å². The van der Waals surface area contributed by atoms with Gasteiger partial charge < -0.3 is 13.3 Å². The van der Waals surface area contributed by atoms with Gasteiger partial charge in [0, 0.05) is 28.8 Å². The van der Waals surface area contributed by atoms with E-state index in [0.29, 0.717) is 0 Å². The van der Waals surface area contributed by atoms with E-state index in [1.165, 1.54) is 10.6 Å². The number of rotatable bonds is 6. The zero-order chi connectivity index (χ0) is 14.4. The van der Waals surface area contributed by atoms with E-state index in [1.807, 2.05) is 36.4 Å². The van der Waals surface area contributed by atoms with Gasteiger partial charge in [-0.3, -0.25) is 0 Å². The first-order chi connectivity index (χ1) is 9.77. The monoisotopic (exact) mass is 306 g/mol. The Morgan fingerprint density at radius 2 is 1.00 bits per heavy atom. The smallest absolute Gasteiger partial charge is 0.373 e. The zero-order valence-corrected chi connectivity index (χ0v) is 13.8. The fourth-order valence-electron chi connectivity index (χ4n) is 2.14. The molecule has 0 aliphatic rings. The summed E-state index contributed by atoms with van der Waals surface area (Å²) in [6.07, 6.45) is 0. The summed E-state index contributed by atoms with van der Waals surface area (Å²) < 4.78 is 17.2. The Morgan fingerprint density at radius 1 is 0.650 bits per heavy atom. The van der Waals surface area contributed by atoms with Crippen LogP contribution in [-0.2, 0) is 13.3 Å². The van der Waals surface area contributed by atoms with Gasteiger partial charge in [0.25, 0.3) is 0 Å². The van der Waals surface area contributed by atoms with Crippen molar-refractivity contribution in [1.82, 2.24) is 0 Å². The van der Waals surface area contributed by atoms with Gasteiger partial charge in [-0.15, -0.1) is 0 Å². The lowest BCUT2D eigenvalue weighted by atomic mass is 10.4. The fraction of sp³-hybridized carbons (Fsp3) is 0.200. The van der Waals surface area contributed by atoms with Gasteiger partial charge >= 0.3 is 8.47 Å². The molecule has 0 saturated carbocycles. The molecule has 0 saturated heterocycles. The van der Waals surface area contributed by atoms with E-state index < -0.39 is 15.9 Å². The first-order valence-electron chi connectivity index (χ1n) is 6.33. The summed E-state index contributed by atoms with van der Waals surface area (Å²) in [6.45, 7) is 0. The van der Waals surface area contributed by atoms with Crippen molar-refractivity contribution in [3.63, 3.8) is 0 Å². The molecule has 0 aliphatic carbocycles. The first-order valence-corrected chi connectivity index (χ1v) is 10.2. The lowest BCUT2D eigenvalue weighted by Crippen LogP contribution is -2.46. The SMILES string of the molecule is CO[Si](OC)(OC)P(c1ccccc1)c1ccccc1. The molecule has 0 N–H and O–H groups in total. The molecule has 0 atom stereocenters. The van der Waals surface area contributed by atoms with E-state index in [9.17, 15) is 0 Å². The predicted octanol–water partition coefficient (Wildman–Crippen LogP) is 2.49. The summed E-state index contributed by atoms with van der Waals surface area (Å²) in [5.74, 6) is 0. The maximum absolute atomic E-state index is 5.73. The molecule has 106 valence electrons. The Morgan fingerprint density at radius 3 is 1.30 bits per heavy atom.